The lowest BCUT2D eigenvalue weighted by Crippen LogP contribution is -2.38. The fourth-order valence-electron chi connectivity index (χ4n) is 1.35. The normalized spacial score (nSPS) is 9.47. The number of ether oxygens (including phenoxy) is 1. The third-order valence-corrected chi connectivity index (χ3v) is 2.29. The van der Waals surface area contributed by atoms with Gasteiger partial charge in [0.25, 0.3) is 5.91 Å². The minimum absolute atomic E-state index is 0.112. The Hall–Kier alpha value is -2.39. The lowest BCUT2D eigenvalue weighted by Gasteiger charge is -2.06. The highest BCUT2D eigenvalue weighted by Gasteiger charge is 2.08. The molecule has 0 radical (unpaired) electrons. The van der Waals surface area contributed by atoms with Crippen LogP contribution in [-0.2, 0) is 9.53 Å². The Kier molecular flexibility index (Phi) is 6.06. The first kappa shape index (κ1) is 14.7. The van der Waals surface area contributed by atoms with Gasteiger partial charge >= 0.3 is 0 Å². The average Bonchev–Trinajstić information content (AvgIpc) is 2.45. The fraction of sp³-hybridized carbons (Fsp3) is 0.308. The summed E-state index contributed by atoms with van der Waals surface area (Å²) in [4.78, 5) is 23.1. The molecule has 1 aromatic carbocycles. The standard InChI is InChI=1S/C13H15N3O3/c1-19-6-5-15-12(17)9-16-13(18)11-4-2-3-10(7-11)8-14/h2-4,7H,5-6,9H2,1H3,(H,15,17)(H,16,18). The molecule has 0 aliphatic heterocycles. The van der Waals surface area contributed by atoms with E-state index in [2.05, 4.69) is 10.6 Å². The molecule has 19 heavy (non-hydrogen) atoms. The van der Waals surface area contributed by atoms with Crippen molar-refractivity contribution in [3.05, 3.63) is 35.4 Å². The van der Waals surface area contributed by atoms with Crippen LogP contribution in [0.25, 0.3) is 0 Å². The van der Waals surface area contributed by atoms with Crippen LogP contribution in [0.4, 0.5) is 0 Å². The third kappa shape index (κ3) is 5.19. The smallest absolute Gasteiger partial charge is 0.251 e. The molecule has 0 fully saturated rings. The maximum Gasteiger partial charge on any atom is 0.251 e. The molecule has 2 amide bonds. The van der Waals surface area contributed by atoms with Crippen molar-refractivity contribution in [2.24, 2.45) is 0 Å². The monoisotopic (exact) mass is 261 g/mol. The van der Waals surface area contributed by atoms with Gasteiger partial charge in [-0.05, 0) is 18.2 Å². The molecular formula is C13H15N3O3. The molecule has 0 bridgehead atoms. The largest absolute Gasteiger partial charge is 0.383 e. The van der Waals surface area contributed by atoms with E-state index >= 15 is 0 Å². The predicted molar refractivity (Wildman–Crippen MR) is 68.4 cm³/mol. The second-order valence-corrected chi connectivity index (χ2v) is 3.72. The Morgan fingerprint density at radius 2 is 2.16 bits per heavy atom. The van der Waals surface area contributed by atoms with Crippen LogP contribution in [0.1, 0.15) is 15.9 Å². The SMILES string of the molecule is COCCNC(=O)CNC(=O)c1cccc(C#N)c1. The van der Waals surface area contributed by atoms with Crippen molar-refractivity contribution in [2.75, 3.05) is 26.8 Å². The summed E-state index contributed by atoms with van der Waals surface area (Å²) in [5.41, 5.74) is 0.751. The highest BCUT2D eigenvalue weighted by molar-refractivity contribution is 5.96. The molecule has 0 spiro atoms. The van der Waals surface area contributed by atoms with Gasteiger partial charge in [-0.1, -0.05) is 6.07 Å². The Balaban J connectivity index is 2.42. The van der Waals surface area contributed by atoms with Gasteiger partial charge in [-0.15, -0.1) is 0 Å². The number of methoxy groups -OCH3 is 1. The zero-order valence-electron chi connectivity index (χ0n) is 10.6. The summed E-state index contributed by atoms with van der Waals surface area (Å²) in [6.45, 7) is 0.707. The van der Waals surface area contributed by atoms with Gasteiger partial charge in [0, 0.05) is 19.2 Å². The number of nitrogens with zero attached hydrogens (tertiary/aromatic N) is 1. The van der Waals surface area contributed by atoms with Crippen LogP contribution >= 0.6 is 0 Å². The molecule has 100 valence electrons. The van der Waals surface area contributed by atoms with Gasteiger partial charge in [0.1, 0.15) is 0 Å². The van der Waals surface area contributed by atoms with Crippen molar-refractivity contribution in [1.82, 2.24) is 10.6 Å². The first-order valence-electron chi connectivity index (χ1n) is 5.71. The Morgan fingerprint density at radius 3 is 2.84 bits per heavy atom. The maximum absolute atomic E-state index is 11.7. The van der Waals surface area contributed by atoms with E-state index in [1.54, 1.807) is 18.2 Å². The van der Waals surface area contributed by atoms with E-state index in [0.717, 1.165) is 0 Å². The van der Waals surface area contributed by atoms with E-state index in [1.807, 2.05) is 6.07 Å². The van der Waals surface area contributed by atoms with Gasteiger partial charge in [-0.2, -0.15) is 5.26 Å². The maximum atomic E-state index is 11.7. The van der Waals surface area contributed by atoms with E-state index in [1.165, 1.54) is 13.2 Å². The molecule has 2 N–H and O–H groups in total. The number of amides is 2. The van der Waals surface area contributed by atoms with Crippen molar-refractivity contribution >= 4 is 11.8 Å². The van der Waals surface area contributed by atoms with Gasteiger partial charge in [-0.3, -0.25) is 9.59 Å². The van der Waals surface area contributed by atoms with E-state index in [4.69, 9.17) is 10.00 Å². The lowest BCUT2D eigenvalue weighted by atomic mass is 10.1. The number of rotatable bonds is 6. The highest BCUT2D eigenvalue weighted by atomic mass is 16.5. The van der Waals surface area contributed by atoms with Crippen molar-refractivity contribution in [3.8, 4) is 6.07 Å². The van der Waals surface area contributed by atoms with Crippen LogP contribution in [0.15, 0.2) is 24.3 Å². The minimum atomic E-state index is -0.390. The average molecular weight is 261 g/mol. The second kappa shape index (κ2) is 7.84. The second-order valence-electron chi connectivity index (χ2n) is 3.72. The zero-order chi connectivity index (χ0) is 14.1. The highest BCUT2D eigenvalue weighted by Crippen LogP contribution is 2.03. The van der Waals surface area contributed by atoms with Gasteiger partial charge in [0.2, 0.25) is 5.91 Å². The van der Waals surface area contributed by atoms with Crippen LogP contribution in [0.2, 0.25) is 0 Å². The first-order valence-corrected chi connectivity index (χ1v) is 5.71. The van der Waals surface area contributed by atoms with Crippen LogP contribution in [0.3, 0.4) is 0 Å². The summed E-state index contributed by atoms with van der Waals surface area (Å²) in [6, 6.07) is 8.22. The number of nitrogens with one attached hydrogen (secondary N) is 2. The summed E-state index contributed by atoms with van der Waals surface area (Å²) in [5, 5.41) is 13.8. The number of benzene rings is 1. The molecule has 0 atom stereocenters. The van der Waals surface area contributed by atoms with E-state index in [0.29, 0.717) is 24.3 Å². The fourth-order valence-corrected chi connectivity index (χ4v) is 1.35. The van der Waals surface area contributed by atoms with Crippen LogP contribution < -0.4 is 10.6 Å². The van der Waals surface area contributed by atoms with Crippen molar-refractivity contribution in [1.29, 1.82) is 5.26 Å². The minimum Gasteiger partial charge on any atom is -0.383 e. The lowest BCUT2D eigenvalue weighted by molar-refractivity contribution is -0.120. The molecule has 6 heteroatoms. The predicted octanol–water partition coefficient (Wildman–Crippen LogP) is 0.0507. The number of hydrogen-bond donors (Lipinski definition) is 2. The Morgan fingerprint density at radius 1 is 1.37 bits per heavy atom. The summed E-state index contributed by atoms with van der Waals surface area (Å²) < 4.78 is 4.78. The molecule has 1 rings (SSSR count). The van der Waals surface area contributed by atoms with E-state index < -0.39 is 0 Å². The summed E-state index contributed by atoms with van der Waals surface area (Å²) in [6.07, 6.45) is 0. The van der Waals surface area contributed by atoms with Crippen LogP contribution in [-0.4, -0.2) is 38.6 Å². The van der Waals surface area contributed by atoms with Crippen LogP contribution in [0, 0.1) is 11.3 Å². The van der Waals surface area contributed by atoms with Crippen molar-refractivity contribution < 1.29 is 14.3 Å². The van der Waals surface area contributed by atoms with E-state index in [9.17, 15) is 9.59 Å². The molecule has 1 aromatic rings. The molecular weight excluding hydrogens is 246 g/mol. The molecule has 6 nitrogen and oxygen atoms in total. The molecule has 0 saturated carbocycles. The molecule has 0 unspecified atom stereocenters. The summed E-state index contributed by atoms with van der Waals surface area (Å²) >= 11 is 0. The number of carbonyl (C=O) groups is 2. The van der Waals surface area contributed by atoms with Gasteiger partial charge in [-0.25, -0.2) is 0 Å². The molecule has 0 aliphatic rings. The number of carbonyl (C=O) groups excluding carboxylic acids is 2. The van der Waals surface area contributed by atoms with Crippen molar-refractivity contribution in [2.45, 2.75) is 0 Å². The van der Waals surface area contributed by atoms with Gasteiger partial charge in [0.15, 0.2) is 0 Å². The molecule has 0 aliphatic carbocycles. The van der Waals surface area contributed by atoms with Crippen LogP contribution in [0.5, 0.6) is 0 Å². The van der Waals surface area contributed by atoms with Crippen molar-refractivity contribution in [3.63, 3.8) is 0 Å². The van der Waals surface area contributed by atoms with Gasteiger partial charge in [0.05, 0.1) is 24.8 Å². The quantitative estimate of drug-likeness (QED) is 0.708. The summed E-state index contributed by atoms with van der Waals surface area (Å²) in [7, 11) is 1.54. The number of hydrogen-bond acceptors (Lipinski definition) is 4. The molecule has 0 aromatic heterocycles. The Labute approximate surface area is 111 Å². The first-order chi connectivity index (χ1) is 9.17. The van der Waals surface area contributed by atoms with E-state index in [-0.39, 0.29) is 18.4 Å². The summed E-state index contributed by atoms with van der Waals surface area (Å²) in [5.74, 6) is -0.680. The molecule has 0 heterocycles. The van der Waals surface area contributed by atoms with Gasteiger partial charge < -0.3 is 15.4 Å². The molecule has 0 saturated heterocycles. The Bertz CT molecular complexity index is 494. The third-order valence-electron chi connectivity index (χ3n) is 2.29. The topological polar surface area (TPSA) is 91.2 Å². The number of nitriles is 1. The zero-order valence-corrected chi connectivity index (χ0v) is 10.6.